The largest absolute Gasteiger partial charge is 0.468 e. The molecule has 1 aromatic rings. The number of benzene rings is 1. The molecule has 1 atom stereocenters. The van der Waals surface area contributed by atoms with E-state index in [9.17, 15) is 19.6 Å². The van der Waals surface area contributed by atoms with Crippen LogP contribution in [0.3, 0.4) is 0 Å². The van der Waals surface area contributed by atoms with Gasteiger partial charge in [0.05, 0.1) is 12.7 Å². The Labute approximate surface area is 160 Å². The molecule has 142 valence electrons. The van der Waals surface area contributed by atoms with E-state index in [1.54, 1.807) is 24.3 Å². The Kier molecular flexibility index (Phi) is 3.96. The number of carbonyl (C=O) groups is 3. The number of rotatable bonds is 2. The predicted molar refractivity (Wildman–Crippen MR) is 96.3 cm³/mol. The van der Waals surface area contributed by atoms with Crippen LogP contribution in [0, 0.1) is 11.3 Å². The van der Waals surface area contributed by atoms with Gasteiger partial charge in [0, 0.05) is 24.1 Å². The van der Waals surface area contributed by atoms with Crippen molar-refractivity contribution in [3.05, 3.63) is 52.6 Å². The Morgan fingerprint density at radius 1 is 1.36 bits per heavy atom. The van der Waals surface area contributed by atoms with Crippen molar-refractivity contribution in [2.75, 3.05) is 18.6 Å². The molecule has 0 radical (unpaired) electrons. The van der Waals surface area contributed by atoms with Gasteiger partial charge < -0.3 is 15.2 Å². The first kappa shape index (κ1) is 17.8. The lowest BCUT2D eigenvalue weighted by molar-refractivity contribution is -0.140. The molecule has 0 unspecified atom stereocenters. The average Bonchev–Trinajstić information content (AvgIpc) is 2.92. The van der Waals surface area contributed by atoms with Gasteiger partial charge in [-0.25, -0.2) is 0 Å². The van der Waals surface area contributed by atoms with E-state index in [0.717, 1.165) is 0 Å². The molecule has 0 aromatic heterocycles. The van der Waals surface area contributed by atoms with E-state index in [0.29, 0.717) is 29.9 Å². The number of hydrogen-bond donors (Lipinski definition) is 1. The Bertz CT molecular complexity index is 1030. The zero-order valence-corrected chi connectivity index (χ0v) is 15.2. The zero-order valence-electron chi connectivity index (χ0n) is 15.2. The number of allylic oxidation sites excluding steroid dienone is 1. The van der Waals surface area contributed by atoms with Crippen LogP contribution >= 0.6 is 0 Å². The molecule has 0 fully saturated rings. The van der Waals surface area contributed by atoms with E-state index < -0.39 is 17.3 Å². The molecule has 8 heteroatoms. The highest BCUT2D eigenvalue weighted by molar-refractivity contribution is 6.20. The van der Waals surface area contributed by atoms with Crippen molar-refractivity contribution in [1.29, 1.82) is 5.26 Å². The highest BCUT2D eigenvalue weighted by Crippen LogP contribution is 2.55. The van der Waals surface area contributed by atoms with Gasteiger partial charge in [-0.05, 0) is 12.5 Å². The molecule has 1 aliphatic carbocycles. The zero-order chi connectivity index (χ0) is 20.1. The van der Waals surface area contributed by atoms with E-state index in [4.69, 9.17) is 15.2 Å². The van der Waals surface area contributed by atoms with Gasteiger partial charge in [-0.15, -0.1) is 0 Å². The van der Waals surface area contributed by atoms with Gasteiger partial charge in [-0.2, -0.15) is 5.26 Å². The van der Waals surface area contributed by atoms with E-state index in [1.165, 1.54) is 12.0 Å². The monoisotopic (exact) mass is 379 g/mol. The number of methoxy groups -OCH3 is 1. The van der Waals surface area contributed by atoms with Crippen LogP contribution in [0.25, 0.3) is 0 Å². The number of ketones is 1. The summed E-state index contributed by atoms with van der Waals surface area (Å²) in [5, 5.41) is 9.86. The molecule has 28 heavy (non-hydrogen) atoms. The van der Waals surface area contributed by atoms with E-state index in [2.05, 4.69) is 0 Å². The average molecular weight is 379 g/mol. The SMILES string of the molecule is COC(=O)CN1C(=O)[C@]2(C(C#N)=C(N)OC3=C2C(=O)CCC3)c2ccccc21. The van der Waals surface area contributed by atoms with Crippen LogP contribution in [-0.2, 0) is 29.3 Å². The Morgan fingerprint density at radius 3 is 2.82 bits per heavy atom. The van der Waals surface area contributed by atoms with E-state index >= 15 is 0 Å². The lowest BCUT2D eigenvalue weighted by Gasteiger charge is -2.37. The highest BCUT2D eigenvalue weighted by atomic mass is 16.5. The maximum Gasteiger partial charge on any atom is 0.325 e. The highest BCUT2D eigenvalue weighted by Gasteiger charge is 2.62. The molecule has 1 spiro atoms. The topological polar surface area (TPSA) is 123 Å². The summed E-state index contributed by atoms with van der Waals surface area (Å²) in [6.45, 7) is -0.343. The number of hydrogen-bond acceptors (Lipinski definition) is 7. The molecule has 0 saturated carbocycles. The van der Waals surface area contributed by atoms with Crippen molar-refractivity contribution < 1.29 is 23.9 Å². The summed E-state index contributed by atoms with van der Waals surface area (Å²) in [4.78, 5) is 39.8. The summed E-state index contributed by atoms with van der Waals surface area (Å²) >= 11 is 0. The van der Waals surface area contributed by atoms with Crippen molar-refractivity contribution in [2.24, 2.45) is 5.73 Å². The summed E-state index contributed by atoms with van der Waals surface area (Å²) in [7, 11) is 1.23. The van der Waals surface area contributed by atoms with Gasteiger partial charge in [0.15, 0.2) is 5.78 Å². The third kappa shape index (κ3) is 2.13. The van der Waals surface area contributed by atoms with Gasteiger partial charge >= 0.3 is 5.97 Å². The molecule has 2 heterocycles. The molecule has 2 aliphatic heterocycles. The van der Waals surface area contributed by atoms with Crippen LogP contribution in [0.2, 0.25) is 0 Å². The summed E-state index contributed by atoms with van der Waals surface area (Å²) in [5.74, 6) is -1.34. The molecule has 0 bridgehead atoms. The van der Waals surface area contributed by atoms with Crippen molar-refractivity contribution in [1.82, 2.24) is 0 Å². The second kappa shape index (κ2) is 6.23. The smallest absolute Gasteiger partial charge is 0.325 e. The summed E-state index contributed by atoms with van der Waals surface area (Å²) in [6, 6.07) is 8.74. The number of Topliss-reactive ketones (excluding diaryl/α,β-unsaturated/α-hetero) is 1. The van der Waals surface area contributed by atoms with E-state index in [-0.39, 0.29) is 35.8 Å². The first-order valence-electron chi connectivity index (χ1n) is 8.80. The fourth-order valence-electron chi connectivity index (χ4n) is 4.25. The lowest BCUT2D eigenvalue weighted by Crippen LogP contribution is -2.50. The maximum atomic E-state index is 13.7. The minimum absolute atomic E-state index is 0.133. The standard InChI is InChI=1S/C20H17N3O5/c1-27-16(25)10-23-13-6-3-2-5-11(13)20(19(23)26)12(9-21)18(22)28-15-8-4-7-14(24)17(15)20/h2-3,5-6H,4,7-8,10,22H2,1H3/t20-/m0/s1. The minimum atomic E-state index is -1.70. The van der Waals surface area contributed by atoms with Crippen LogP contribution < -0.4 is 10.6 Å². The van der Waals surface area contributed by atoms with E-state index in [1.807, 2.05) is 6.07 Å². The van der Waals surface area contributed by atoms with Crippen molar-refractivity contribution in [3.8, 4) is 6.07 Å². The van der Waals surface area contributed by atoms with Crippen molar-refractivity contribution in [2.45, 2.75) is 24.7 Å². The lowest BCUT2D eigenvalue weighted by atomic mass is 9.65. The van der Waals surface area contributed by atoms with Crippen LogP contribution in [0.5, 0.6) is 0 Å². The Balaban J connectivity index is 2.05. The van der Waals surface area contributed by atoms with Crippen molar-refractivity contribution >= 4 is 23.3 Å². The van der Waals surface area contributed by atoms with Crippen LogP contribution in [0.4, 0.5) is 5.69 Å². The van der Waals surface area contributed by atoms with Gasteiger partial charge in [0.2, 0.25) is 11.8 Å². The number of carbonyl (C=O) groups excluding carboxylic acids is 3. The quantitative estimate of drug-likeness (QED) is 0.765. The Hall–Kier alpha value is -3.60. The summed E-state index contributed by atoms with van der Waals surface area (Å²) in [5.41, 5.74) is 5.21. The Morgan fingerprint density at radius 2 is 2.11 bits per heavy atom. The fourth-order valence-corrected chi connectivity index (χ4v) is 4.25. The van der Waals surface area contributed by atoms with Gasteiger partial charge in [0.1, 0.15) is 29.4 Å². The number of fused-ring (bicyclic) bond motifs is 3. The number of anilines is 1. The predicted octanol–water partition coefficient (Wildman–Crippen LogP) is 1.18. The summed E-state index contributed by atoms with van der Waals surface area (Å²) in [6.07, 6.45) is 1.26. The third-order valence-electron chi connectivity index (χ3n) is 5.39. The molecule has 1 amide bonds. The number of nitrogens with two attached hydrogens (primary N) is 1. The van der Waals surface area contributed by atoms with Crippen LogP contribution in [-0.4, -0.2) is 31.3 Å². The number of ether oxygens (including phenoxy) is 2. The number of esters is 1. The van der Waals surface area contributed by atoms with Crippen LogP contribution in [0.1, 0.15) is 24.8 Å². The van der Waals surface area contributed by atoms with Gasteiger partial charge in [-0.1, -0.05) is 18.2 Å². The molecule has 0 saturated heterocycles. The molecular formula is C20H17N3O5. The summed E-state index contributed by atoms with van der Waals surface area (Å²) < 4.78 is 10.3. The number of nitrogens with zero attached hydrogens (tertiary/aromatic N) is 2. The normalized spacial score (nSPS) is 23.4. The third-order valence-corrected chi connectivity index (χ3v) is 5.39. The minimum Gasteiger partial charge on any atom is -0.468 e. The molecule has 8 nitrogen and oxygen atoms in total. The first-order chi connectivity index (χ1) is 13.5. The molecular weight excluding hydrogens is 362 g/mol. The second-order valence-corrected chi connectivity index (χ2v) is 6.76. The number of amides is 1. The van der Waals surface area contributed by atoms with Crippen molar-refractivity contribution in [3.63, 3.8) is 0 Å². The van der Waals surface area contributed by atoms with Gasteiger partial charge in [0.25, 0.3) is 0 Å². The molecule has 2 N–H and O–H groups in total. The molecule has 3 aliphatic rings. The van der Waals surface area contributed by atoms with Gasteiger partial charge in [-0.3, -0.25) is 19.3 Å². The first-order valence-corrected chi connectivity index (χ1v) is 8.80. The number of nitriles is 1. The number of para-hydroxylation sites is 1. The fraction of sp³-hybridized carbons (Fsp3) is 0.300. The molecule has 4 rings (SSSR count). The second-order valence-electron chi connectivity index (χ2n) is 6.76. The van der Waals surface area contributed by atoms with Crippen LogP contribution in [0.15, 0.2) is 47.1 Å². The maximum absolute atomic E-state index is 13.7. The molecule has 1 aromatic carbocycles.